The van der Waals surface area contributed by atoms with Crippen molar-refractivity contribution in [2.24, 2.45) is 0 Å². The van der Waals surface area contributed by atoms with Gasteiger partial charge in [0.2, 0.25) is 20.0 Å². The Morgan fingerprint density at radius 2 is 1.66 bits per heavy atom. The highest BCUT2D eigenvalue weighted by Crippen LogP contribution is 2.37. The van der Waals surface area contributed by atoms with Crippen molar-refractivity contribution in [3.63, 3.8) is 0 Å². The summed E-state index contributed by atoms with van der Waals surface area (Å²) in [6.45, 7) is 0.442. The van der Waals surface area contributed by atoms with Crippen molar-refractivity contribution in [3.8, 4) is 5.75 Å². The maximum absolute atomic E-state index is 13.1. The molecule has 2 aromatic carbocycles. The fourth-order valence-corrected chi connectivity index (χ4v) is 6.28. The molecule has 172 valence electrons. The molecule has 12 heteroatoms. The van der Waals surface area contributed by atoms with E-state index in [-0.39, 0.29) is 49.1 Å². The topological polar surface area (TPSA) is 104 Å². The summed E-state index contributed by atoms with van der Waals surface area (Å²) >= 11 is 6.00. The molecule has 0 bridgehead atoms. The molecular formula is C20H22ClN3O6S2. The van der Waals surface area contributed by atoms with Gasteiger partial charge in [0, 0.05) is 31.2 Å². The summed E-state index contributed by atoms with van der Waals surface area (Å²) in [6.07, 6.45) is 0.00766. The summed E-state index contributed by atoms with van der Waals surface area (Å²) in [5, 5.41) is 0.349. The number of anilines is 1. The van der Waals surface area contributed by atoms with Gasteiger partial charge in [-0.25, -0.2) is 16.8 Å². The van der Waals surface area contributed by atoms with Crippen LogP contribution in [0.5, 0.6) is 5.75 Å². The summed E-state index contributed by atoms with van der Waals surface area (Å²) in [4.78, 5) is 14.8. The van der Waals surface area contributed by atoms with E-state index in [1.807, 2.05) is 0 Å². The quantitative estimate of drug-likeness (QED) is 0.629. The lowest BCUT2D eigenvalue weighted by molar-refractivity contribution is -0.139. The highest BCUT2D eigenvalue weighted by Gasteiger charge is 2.39. The van der Waals surface area contributed by atoms with Crippen LogP contribution in [-0.4, -0.2) is 77.0 Å². The number of amides is 1. The van der Waals surface area contributed by atoms with Crippen molar-refractivity contribution in [1.29, 1.82) is 0 Å². The van der Waals surface area contributed by atoms with Gasteiger partial charge in [-0.15, -0.1) is 0 Å². The first-order chi connectivity index (χ1) is 15.1. The van der Waals surface area contributed by atoms with E-state index in [4.69, 9.17) is 16.3 Å². The predicted molar refractivity (Wildman–Crippen MR) is 120 cm³/mol. The molecule has 2 aliphatic heterocycles. The van der Waals surface area contributed by atoms with Gasteiger partial charge in [0.1, 0.15) is 5.75 Å². The third-order valence-electron chi connectivity index (χ3n) is 5.40. The molecule has 1 atom stereocenters. The van der Waals surface area contributed by atoms with E-state index >= 15 is 0 Å². The van der Waals surface area contributed by atoms with Gasteiger partial charge in [-0.05, 0) is 30.3 Å². The Balaban J connectivity index is 1.48. The molecule has 4 rings (SSSR count). The van der Waals surface area contributed by atoms with Gasteiger partial charge in [0.15, 0.2) is 6.10 Å². The van der Waals surface area contributed by atoms with E-state index in [2.05, 4.69) is 0 Å². The van der Waals surface area contributed by atoms with Crippen LogP contribution in [0.4, 0.5) is 5.69 Å². The molecule has 2 aliphatic rings. The standard InChI is InChI=1S/C20H22ClN3O6S2/c1-31(26,27)24-14-19(30-18-8-7-15(21)13-17(18)24)20(25)22-9-11-23(12-10-22)32(28,29)16-5-3-2-4-6-16/h2-8,13,19H,9-12,14H2,1H3. The van der Waals surface area contributed by atoms with Gasteiger partial charge >= 0.3 is 0 Å². The lowest BCUT2D eigenvalue weighted by Crippen LogP contribution is -2.56. The fraction of sp³-hybridized carbons (Fsp3) is 0.350. The molecule has 9 nitrogen and oxygen atoms in total. The number of nitrogens with zero attached hydrogens (tertiary/aromatic N) is 3. The minimum absolute atomic E-state index is 0.137. The fourth-order valence-electron chi connectivity index (χ4n) is 3.76. The maximum atomic E-state index is 13.1. The van der Waals surface area contributed by atoms with Crippen LogP contribution in [0.15, 0.2) is 53.4 Å². The molecule has 1 amide bonds. The molecule has 0 spiro atoms. The van der Waals surface area contributed by atoms with Gasteiger partial charge in [0.05, 0.1) is 23.4 Å². The van der Waals surface area contributed by atoms with E-state index in [0.29, 0.717) is 5.02 Å². The molecular weight excluding hydrogens is 478 g/mol. The number of piperazine rings is 1. The van der Waals surface area contributed by atoms with Crippen LogP contribution in [0, 0.1) is 0 Å². The van der Waals surface area contributed by atoms with Gasteiger partial charge < -0.3 is 9.64 Å². The Bertz CT molecular complexity index is 1230. The van der Waals surface area contributed by atoms with E-state index < -0.39 is 32.1 Å². The van der Waals surface area contributed by atoms with Crippen LogP contribution in [0.2, 0.25) is 5.02 Å². The van der Waals surface area contributed by atoms with Crippen molar-refractivity contribution in [2.45, 2.75) is 11.0 Å². The number of hydrogen-bond donors (Lipinski definition) is 0. The number of fused-ring (bicyclic) bond motifs is 1. The van der Waals surface area contributed by atoms with E-state index in [0.717, 1.165) is 10.6 Å². The third kappa shape index (κ3) is 4.42. The summed E-state index contributed by atoms with van der Waals surface area (Å²) < 4.78 is 58.5. The lowest BCUT2D eigenvalue weighted by atomic mass is 10.2. The first kappa shape index (κ1) is 22.8. The molecule has 32 heavy (non-hydrogen) atoms. The van der Waals surface area contributed by atoms with Crippen molar-refractivity contribution in [3.05, 3.63) is 53.6 Å². The Morgan fingerprint density at radius 1 is 1.00 bits per heavy atom. The van der Waals surface area contributed by atoms with Crippen molar-refractivity contribution in [1.82, 2.24) is 9.21 Å². The lowest BCUT2D eigenvalue weighted by Gasteiger charge is -2.39. The summed E-state index contributed by atoms with van der Waals surface area (Å²) in [5.74, 6) is -0.147. The van der Waals surface area contributed by atoms with Gasteiger partial charge in [-0.2, -0.15) is 4.31 Å². The number of ether oxygens (including phenoxy) is 1. The molecule has 0 N–H and O–H groups in total. The van der Waals surface area contributed by atoms with Crippen molar-refractivity contribution >= 4 is 43.2 Å². The zero-order valence-corrected chi connectivity index (χ0v) is 19.6. The number of rotatable bonds is 4. The second kappa shape index (κ2) is 8.54. The molecule has 0 saturated carbocycles. The van der Waals surface area contributed by atoms with Crippen molar-refractivity contribution in [2.75, 3.05) is 43.3 Å². The predicted octanol–water partition coefficient (Wildman–Crippen LogP) is 1.40. The average Bonchev–Trinajstić information content (AvgIpc) is 2.78. The Hall–Kier alpha value is -2.34. The molecule has 2 aromatic rings. The van der Waals surface area contributed by atoms with E-state index in [1.54, 1.807) is 24.3 Å². The summed E-state index contributed by atoms with van der Waals surface area (Å²) in [6, 6.07) is 12.7. The SMILES string of the molecule is CS(=O)(=O)N1CC(C(=O)N2CCN(S(=O)(=O)c3ccccc3)CC2)Oc2ccc(Cl)cc21. The van der Waals surface area contributed by atoms with E-state index in [9.17, 15) is 21.6 Å². The zero-order valence-electron chi connectivity index (χ0n) is 17.2. The minimum atomic E-state index is -3.68. The largest absolute Gasteiger partial charge is 0.476 e. The molecule has 1 unspecified atom stereocenters. The summed E-state index contributed by atoms with van der Waals surface area (Å²) in [5.41, 5.74) is 0.280. The number of halogens is 1. The number of carbonyl (C=O) groups is 1. The van der Waals surface area contributed by atoms with Crippen molar-refractivity contribution < 1.29 is 26.4 Å². The van der Waals surface area contributed by atoms with Crippen LogP contribution in [0.3, 0.4) is 0 Å². The van der Waals surface area contributed by atoms with Crippen LogP contribution < -0.4 is 9.04 Å². The van der Waals surface area contributed by atoms with E-state index in [1.165, 1.54) is 33.5 Å². The average molecular weight is 500 g/mol. The molecule has 0 radical (unpaired) electrons. The summed E-state index contributed by atoms with van der Waals surface area (Å²) in [7, 11) is -7.32. The van der Waals surface area contributed by atoms with Crippen LogP contribution in [0.1, 0.15) is 0 Å². The van der Waals surface area contributed by atoms with Gasteiger partial charge in [0.25, 0.3) is 5.91 Å². The highest BCUT2D eigenvalue weighted by atomic mass is 35.5. The highest BCUT2D eigenvalue weighted by molar-refractivity contribution is 7.92. The smallest absolute Gasteiger partial charge is 0.265 e. The molecule has 2 heterocycles. The zero-order chi connectivity index (χ0) is 23.1. The normalized spacial score (nSPS) is 19.9. The Kier molecular flexibility index (Phi) is 6.10. The number of hydrogen-bond acceptors (Lipinski definition) is 6. The number of benzene rings is 2. The molecule has 1 saturated heterocycles. The number of sulfonamides is 2. The van der Waals surface area contributed by atoms with Gasteiger partial charge in [-0.1, -0.05) is 29.8 Å². The van der Waals surface area contributed by atoms with Crippen LogP contribution >= 0.6 is 11.6 Å². The minimum Gasteiger partial charge on any atom is -0.476 e. The molecule has 0 aliphatic carbocycles. The second-order valence-electron chi connectivity index (χ2n) is 7.56. The second-order valence-corrected chi connectivity index (χ2v) is 11.8. The Morgan fingerprint density at radius 3 is 2.28 bits per heavy atom. The molecule has 0 aromatic heterocycles. The van der Waals surface area contributed by atoms with Gasteiger partial charge in [-0.3, -0.25) is 9.10 Å². The monoisotopic (exact) mass is 499 g/mol. The first-order valence-corrected chi connectivity index (χ1v) is 13.5. The maximum Gasteiger partial charge on any atom is 0.265 e. The first-order valence-electron chi connectivity index (χ1n) is 9.85. The van der Waals surface area contributed by atoms with Crippen LogP contribution in [-0.2, 0) is 24.8 Å². The third-order valence-corrected chi connectivity index (χ3v) is 8.69. The Labute approximate surface area is 192 Å². The number of carbonyl (C=O) groups excluding carboxylic acids is 1. The molecule has 1 fully saturated rings. The van der Waals surface area contributed by atoms with Crippen LogP contribution in [0.25, 0.3) is 0 Å².